The number of unbranched alkanes of at least 4 members (excludes halogenated alkanes) is 1. The first-order valence-electron chi connectivity index (χ1n) is 10.5. The van der Waals surface area contributed by atoms with Crippen molar-refractivity contribution in [1.29, 1.82) is 5.26 Å². The maximum Gasteiger partial charge on any atom is 0.266 e. The van der Waals surface area contributed by atoms with E-state index in [-0.39, 0.29) is 5.57 Å². The molecular formula is C26H25Cl2N3O. The van der Waals surface area contributed by atoms with Gasteiger partial charge in [-0.3, -0.25) is 4.79 Å². The van der Waals surface area contributed by atoms with E-state index in [0.29, 0.717) is 15.7 Å². The van der Waals surface area contributed by atoms with E-state index in [4.69, 9.17) is 23.2 Å². The van der Waals surface area contributed by atoms with Gasteiger partial charge >= 0.3 is 0 Å². The van der Waals surface area contributed by atoms with Crippen molar-refractivity contribution in [3.63, 3.8) is 0 Å². The minimum Gasteiger partial charge on any atom is -0.321 e. The Labute approximate surface area is 199 Å². The third-order valence-electron chi connectivity index (χ3n) is 5.34. The van der Waals surface area contributed by atoms with Gasteiger partial charge in [-0.1, -0.05) is 54.7 Å². The van der Waals surface area contributed by atoms with E-state index < -0.39 is 5.91 Å². The fraction of sp³-hybridized carbons (Fsp3) is 0.231. The molecule has 0 bridgehead atoms. The van der Waals surface area contributed by atoms with Crippen LogP contribution in [0.5, 0.6) is 0 Å². The summed E-state index contributed by atoms with van der Waals surface area (Å²) in [4.78, 5) is 12.7. The quantitative estimate of drug-likeness (QED) is 0.294. The van der Waals surface area contributed by atoms with Gasteiger partial charge in [0.15, 0.2) is 0 Å². The van der Waals surface area contributed by atoms with Crippen LogP contribution in [0, 0.1) is 25.2 Å². The molecule has 6 heteroatoms. The second-order valence-electron chi connectivity index (χ2n) is 7.66. The van der Waals surface area contributed by atoms with Gasteiger partial charge < -0.3 is 9.88 Å². The molecule has 3 aromatic rings. The first-order valence-corrected chi connectivity index (χ1v) is 11.3. The molecule has 1 amide bonds. The predicted octanol–water partition coefficient (Wildman–Crippen LogP) is 7.29. The molecular weight excluding hydrogens is 441 g/mol. The summed E-state index contributed by atoms with van der Waals surface area (Å²) < 4.78 is 1.96. The van der Waals surface area contributed by atoms with Crippen LogP contribution >= 0.6 is 23.2 Å². The highest BCUT2D eigenvalue weighted by atomic mass is 35.5. The number of aryl methyl sites for hydroxylation is 2. The number of nitriles is 1. The molecule has 164 valence electrons. The molecule has 1 N–H and O–H groups in total. The number of rotatable bonds is 7. The summed E-state index contributed by atoms with van der Waals surface area (Å²) in [7, 11) is 0. The smallest absolute Gasteiger partial charge is 0.266 e. The SMILES string of the molecule is CCCCc1ccc(NC(=O)C(C#N)=Cc2cc(C)n(-c3cccc(Cl)c3Cl)c2C)cc1. The monoisotopic (exact) mass is 465 g/mol. The lowest BCUT2D eigenvalue weighted by Crippen LogP contribution is -2.13. The van der Waals surface area contributed by atoms with E-state index in [2.05, 4.69) is 12.2 Å². The Kier molecular flexibility index (Phi) is 7.80. The highest BCUT2D eigenvalue weighted by Gasteiger charge is 2.16. The maximum absolute atomic E-state index is 12.7. The summed E-state index contributed by atoms with van der Waals surface area (Å²) in [6.45, 7) is 6.01. The lowest BCUT2D eigenvalue weighted by molar-refractivity contribution is -0.112. The third kappa shape index (κ3) is 5.24. The second-order valence-corrected chi connectivity index (χ2v) is 8.44. The van der Waals surface area contributed by atoms with Crippen molar-refractivity contribution < 1.29 is 4.79 Å². The summed E-state index contributed by atoms with van der Waals surface area (Å²) in [5.74, 6) is -0.445. The van der Waals surface area contributed by atoms with Crippen LogP contribution in [-0.4, -0.2) is 10.5 Å². The summed E-state index contributed by atoms with van der Waals surface area (Å²) in [6.07, 6.45) is 4.88. The van der Waals surface area contributed by atoms with E-state index >= 15 is 0 Å². The van der Waals surface area contributed by atoms with Crippen molar-refractivity contribution in [1.82, 2.24) is 4.57 Å². The molecule has 0 saturated heterocycles. The van der Waals surface area contributed by atoms with Gasteiger partial charge in [0.25, 0.3) is 5.91 Å². The number of halogens is 2. The van der Waals surface area contributed by atoms with Gasteiger partial charge in [-0.05, 0) is 74.2 Å². The van der Waals surface area contributed by atoms with Crippen LogP contribution in [0.3, 0.4) is 0 Å². The normalized spacial score (nSPS) is 11.3. The Morgan fingerprint density at radius 1 is 1.16 bits per heavy atom. The van der Waals surface area contributed by atoms with Crippen LogP contribution in [0.4, 0.5) is 5.69 Å². The zero-order valence-electron chi connectivity index (χ0n) is 18.4. The van der Waals surface area contributed by atoms with Crippen molar-refractivity contribution >= 4 is 40.9 Å². The van der Waals surface area contributed by atoms with E-state index in [1.165, 1.54) is 5.56 Å². The lowest BCUT2D eigenvalue weighted by Gasteiger charge is -2.12. The number of benzene rings is 2. The van der Waals surface area contributed by atoms with Crippen LogP contribution in [0.2, 0.25) is 10.0 Å². The zero-order valence-corrected chi connectivity index (χ0v) is 19.9. The van der Waals surface area contributed by atoms with E-state index in [1.807, 2.05) is 66.9 Å². The third-order valence-corrected chi connectivity index (χ3v) is 6.15. The number of hydrogen-bond donors (Lipinski definition) is 1. The number of carbonyl (C=O) groups excluding carboxylic acids is 1. The summed E-state index contributed by atoms with van der Waals surface area (Å²) >= 11 is 12.6. The molecule has 0 atom stereocenters. The zero-order chi connectivity index (χ0) is 23.3. The summed E-state index contributed by atoms with van der Waals surface area (Å²) in [5.41, 5.74) is 5.20. The van der Waals surface area contributed by atoms with Gasteiger partial charge in [0, 0.05) is 17.1 Å². The van der Waals surface area contributed by atoms with E-state index in [1.54, 1.807) is 12.1 Å². The van der Waals surface area contributed by atoms with Crippen molar-refractivity contribution in [2.75, 3.05) is 5.32 Å². The standard InChI is InChI=1S/C26H25Cl2N3O/c1-4-5-7-19-10-12-22(13-11-19)30-26(32)21(16-29)15-20-14-17(2)31(18(20)3)24-9-6-8-23(27)25(24)28/h6,8-15H,4-5,7H2,1-3H3,(H,30,32). The Bertz CT molecular complexity index is 1200. The molecule has 0 aliphatic rings. The summed E-state index contributed by atoms with van der Waals surface area (Å²) in [5, 5.41) is 13.3. The Morgan fingerprint density at radius 2 is 1.88 bits per heavy atom. The largest absolute Gasteiger partial charge is 0.321 e. The van der Waals surface area contributed by atoms with Gasteiger partial charge in [-0.25, -0.2) is 0 Å². The molecule has 0 spiro atoms. The van der Waals surface area contributed by atoms with Crippen molar-refractivity contribution in [3.8, 4) is 11.8 Å². The minimum atomic E-state index is -0.445. The second kappa shape index (κ2) is 10.5. The van der Waals surface area contributed by atoms with Crippen LogP contribution in [0.15, 0.2) is 54.1 Å². The molecule has 0 unspecified atom stereocenters. The number of aromatic nitrogens is 1. The first-order chi connectivity index (χ1) is 15.3. The van der Waals surface area contributed by atoms with Gasteiger partial charge in [0.1, 0.15) is 11.6 Å². The number of anilines is 1. The number of nitrogens with zero attached hydrogens (tertiary/aromatic N) is 2. The molecule has 0 aliphatic heterocycles. The van der Waals surface area contributed by atoms with Crippen LogP contribution in [0.1, 0.15) is 42.3 Å². The van der Waals surface area contributed by atoms with Crippen molar-refractivity contribution in [2.45, 2.75) is 40.0 Å². The molecule has 1 heterocycles. The minimum absolute atomic E-state index is 0.0255. The molecule has 2 aromatic carbocycles. The highest BCUT2D eigenvalue weighted by molar-refractivity contribution is 6.43. The number of carbonyl (C=O) groups is 1. The average Bonchev–Trinajstić information content (AvgIpc) is 3.06. The summed E-state index contributed by atoms with van der Waals surface area (Å²) in [6, 6.07) is 17.1. The van der Waals surface area contributed by atoms with Crippen molar-refractivity contribution in [3.05, 3.63) is 86.7 Å². The molecule has 0 saturated carbocycles. The molecule has 4 nitrogen and oxygen atoms in total. The topological polar surface area (TPSA) is 57.8 Å². The van der Waals surface area contributed by atoms with Gasteiger partial charge in [-0.2, -0.15) is 5.26 Å². The molecule has 32 heavy (non-hydrogen) atoms. The van der Waals surface area contributed by atoms with Gasteiger partial charge in [0.2, 0.25) is 0 Å². The van der Waals surface area contributed by atoms with E-state index in [9.17, 15) is 10.1 Å². The number of amides is 1. The fourth-order valence-corrected chi connectivity index (χ4v) is 3.99. The van der Waals surface area contributed by atoms with Crippen LogP contribution in [0.25, 0.3) is 11.8 Å². The number of nitrogens with one attached hydrogen (secondary N) is 1. The highest BCUT2D eigenvalue weighted by Crippen LogP contribution is 2.32. The Balaban J connectivity index is 1.86. The van der Waals surface area contributed by atoms with Gasteiger partial charge in [-0.15, -0.1) is 0 Å². The molecule has 0 radical (unpaired) electrons. The molecule has 3 rings (SSSR count). The Hall–Kier alpha value is -3.00. The van der Waals surface area contributed by atoms with E-state index in [0.717, 1.165) is 41.9 Å². The number of hydrogen-bond acceptors (Lipinski definition) is 2. The molecule has 0 aliphatic carbocycles. The van der Waals surface area contributed by atoms with Gasteiger partial charge in [0.05, 0.1) is 15.7 Å². The molecule has 1 aromatic heterocycles. The first kappa shape index (κ1) is 23.7. The van der Waals surface area contributed by atoms with Crippen LogP contribution in [-0.2, 0) is 11.2 Å². The van der Waals surface area contributed by atoms with Crippen LogP contribution < -0.4 is 5.32 Å². The fourth-order valence-electron chi connectivity index (χ4n) is 3.61. The maximum atomic E-state index is 12.7. The predicted molar refractivity (Wildman–Crippen MR) is 133 cm³/mol. The Morgan fingerprint density at radius 3 is 2.53 bits per heavy atom. The molecule has 0 fully saturated rings. The lowest BCUT2D eigenvalue weighted by atomic mass is 10.1. The average molecular weight is 466 g/mol. The van der Waals surface area contributed by atoms with Crippen molar-refractivity contribution in [2.24, 2.45) is 0 Å².